The Morgan fingerprint density at radius 1 is 1.03 bits per heavy atom. The van der Waals surface area contributed by atoms with Gasteiger partial charge in [0.05, 0.1) is 12.1 Å². The summed E-state index contributed by atoms with van der Waals surface area (Å²) in [5.41, 5.74) is 3.35. The minimum Gasteiger partial charge on any atom is -0.495 e. The molecule has 4 aromatic carbocycles. The molecule has 0 saturated heterocycles. The molecule has 0 unspecified atom stereocenters. The van der Waals surface area contributed by atoms with Crippen LogP contribution in [0.4, 0.5) is 5.69 Å². The molecule has 0 saturated carbocycles. The van der Waals surface area contributed by atoms with Crippen molar-refractivity contribution in [2.75, 3.05) is 12.4 Å². The second kappa shape index (κ2) is 9.13. The van der Waals surface area contributed by atoms with Crippen LogP contribution in [0.3, 0.4) is 0 Å². The third kappa shape index (κ3) is 4.31. The number of carbonyl (C=O) groups excluding carboxylic acids is 1. The molecule has 1 heterocycles. The van der Waals surface area contributed by atoms with Gasteiger partial charge in [-0.1, -0.05) is 48.0 Å². The number of halogens is 1. The second-order valence-electron chi connectivity index (χ2n) is 7.49. The number of aromatic nitrogens is 1. The van der Waals surface area contributed by atoms with Gasteiger partial charge in [0.2, 0.25) is 5.89 Å². The zero-order valence-corrected chi connectivity index (χ0v) is 19.5. The van der Waals surface area contributed by atoms with Crippen molar-refractivity contribution in [2.45, 2.75) is 0 Å². The second-order valence-corrected chi connectivity index (χ2v) is 8.31. The average Bonchev–Trinajstić information content (AvgIpc) is 3.29. The van der Waals surface area contributed by atoms with Gasteiger partial charge in [-0.3, -0.25) is 10.1 Å². The Kier molecular flexibility index (Phi) is 5.88. The van der Waals surface area contributed by atoms with Gasteiger partial charge in [0.25, 0.3) is 5.91 Å². The summed E-state index contributed by atoms with van der Waals surface area (Å²) in [6.45, 7) is 0. The van der Waals surface area contributed by atoms with E-state index in [2.05, 4.69) is 10.6 Å². The fraction of sp³-hybridized carbons (Fsp3) is 0.0385. The van der Waals surface area contributed by atoms with E-state index in [0.717, 1.165) is 21.9 Å². The minimum atomic E-state index is -0.385. The van der Waals surface area contributed by atoms with Gasteiger partial charge in [-0.2, -0.15) is 0 Å². The molecular formula is C26H18ClN3O3S. The van der Waals surface area contributed by atoms with Crippen LogP contribution in [0.2, 0.25) is 5.02 Å². The van der Waals surface area contributed by atoms with E-state index in [0.29, 0.717) is 33.5 Å². The predicted molar refractivity (Wildman–Crippen MR) is 139 cm³/mol. The van der Waals surface area contributed by atoms with Crippen LogP contribution in [-0.4, -0.2) is 23.1 Å². The zero-order valence-electron chi connectivity index (χ0n) is 18.0. The molecule has 0 bridgehead atoms. The maximum absolute atomic E-state index is 12.5. The molecule has 168 valence electrons. The number of methoxy groups -OCH3 is 1. The maximum Gasteiger partial charge on any atom is 0.257 e. The van der Waals surface area contributed by atoms with Gasteiger partial charge in [0, 0.05) is 22.2 Å². The lowest BCUT2D eigenvalue weighted by molar-refractivity contribution is 0.0977. The van der Waals surface area contributed by atoms with Crippen LogP contribution in [0.15, 0.2) is 83.3 Å². The number of fused-ring (bicyclic) bond motifs is 3. The van der Waals surface area contributed by atoms with Crippen molar-refractivity contribution in [3.63, 3.8) is 0 Å². The molecule has 0 fully saturated rings. The van der Waals surface area contributed by atoms with E-state index in [4.69, 9.17) is 38.0 Å². The van der Waals surface area contributed by atoms with Gasteiger partial charge in [-0.05, 0) is 60.1 Å². The highest BCUT2D eigenvalue weighted by molar-refractivity contribution is 7.80. The Hall–Kier alpha value is -3.94. The standard InChI is InChI=1S/C26H18ClN3O3S/c1-32-21-11-10-16(14-20(21)27)24(31)30-26(34)28-18-7-4-6-17(13-18)25-29-23-19-8-3-2-5-15(19)9-12-22(23)33-25/h2-14H,1H3,(H2,28,30,31,34). The Labute approximate surface area is 205 Å². The summed E-state index contributed by atoms with van der Waals surface area (Å²) >= 11 is 11.4. The van der Waals surface area contributed by atoms with E-state index in [9.17, 15) is 4.79 Å². The van der Waals surface area contributed by atoms with Gasteiger partial charge in [0.1, 0.15) is 11.3 Å². The summed E-state index contributed by atoms with van der Waals surface area (Å²) in [7, 11) is 1.51. The largest absolute Gasteiger partial charge is 0.495 e. The molecule has 0 spiro atoms. The topological polar surface area (TPSA) is 76.4 Å². The number of thiocarbonyl (C=S) groups is 1. The van der Waals surface area contributed by atoms with Crippen LogP contribution in [0.5, 0.6) is 5.75 Å². The monoisotopic (exact) mass is 487 g/mol. The summed E-state index contributed by atoms with van der Waals surface area (Å²) in [5.74, 6) is 0.602. The molecule has 5 rings (SSSR count). The van der Waals surface area contributed by atoms with E-state index in [1.807, 2.05) is 60.7 Å². The maximum atomic E-state index is 12.5. The van der Waals surface area contributed by atoms with Crippen LogP contribution in [-0.2, 0) is 0 Å². The average molecular weight is 488 g/mol. The number of amides is 1. The van der Waals surface area contributed by atoms with Crippen molar-refractivity contribution < 1.29 is 13.9 Å². The Balaban J connectivity index is 1.34. The van der Waals surface area contributed by atoms with Gasteiger partial charge in [-0.15, -0.1) is 0 Å². The van der Waals surface area contributed by atoms with Crippen molar-refractivity contribution >= 4 is 62.4 Å². The molecule has 1 amide bonds. The van der Waals surface area contributed by atoms with Gasteiger partial charge >= 0.3 is 0 Å². The molecule has 0 atom stereocenters. The van der Waals surface area contributed by atoms with Crippen LogP contribution < -0.4 is 15.4 Å². The summed E-state index contributed by atoms with van der Waals surface area (Å²) in [6, 6.07) is 24.2. The highest BCUT2D eigenvalue weighted by Gasteiger charge is 2.13. The third-order valence-electron chi connectivity index (χ3n) is 5.29. The molecule has 0 aliphatic carbocycles. The van der Waals surface area contributed by atoms with E-state index in [-0.39, 0.29) is 11.0 Å². The van der Waals surface area contributed by atoms with Gasteiger partial charge in [-0.25, -0.2) is 4.98 Å². The SMILES string of the molecule is COc1ccc(C(=O)NC(=S)Nc2cccc(-c3nc4c(ccc5ccccc54)o3)c2)cc1Cl. The molecule has 6 nitrogen and oxygen atoms in total. The number of hydrogen-bond donors (Lipinski definition) is 2. The Morgan fingerprint density at radius 3 is 2.71 bits per heavy atom. The number of hydrogen-bond acceptors (Lipinski definition) is 5. The summed E-state index contributed by atoms with van der Waals surface area (Å²) in [4.78, 5) is 17.3. The van der Waals surface area contributed by atoms with Crippen molar-refractivity contribution in [3.05, 3.63) is 89.4 Å². The van der Waals surface area contributed by atoms with Crippen LogP contribution in [0.25, 0.3) is 33.3 Å². The first kappa shape index (κ1) is 21.9. The molecular weight excluding hydrogens is 470 g/mol. The molecule has 8 heteroatoms. The smallest absolute Gasteiger partial charge is 0.257 e. The van der Waals surface area contributed by atoms with E-state index in [1.165, 1.54) is 13.2 Å². The molecule has 0 aliphatic heterocycles. The minimum absolute atomic E-state index is 0.151. The third-order valence-corrected chi connectivity index (χ3v) is 5.79. The fourth-order valence-electron chi connectivity index (χ4n) is 3.66. The molecule has 0 aliphatic rings. The fourth-order valence-corrected chi connectivity index (χ4v) is 4.13. The number of nitrogens with zero attached hydrogens (tertiary/aromatic N) is 1. The number of nitrogens with one attached hydrogen (secondary N) is 2. The Bertz CT molecular complexity index is 1560. The zero-order chi connectivity index (χ0) is 23.7. The van der Waals surface area contributed by atoms with Crippen molar-refractivity contribution in [2.24, 2.45) is 0 Å². The number of ether oxygens (including phenoxy) is 1. The first-order chi connectivity index (χ1) is 16.5. The number of anilines is 1. The summed E-state index contributed by atoms with van der Waals surface area (Å²) < 4.78 is 11.1. The molecule has 34 heavy (non-hydrogen) atoms. The van der Waals surface area contributed by atoms with Gasteiger partial charge < -0.3 is 14.5 Å². The number of benzene rings is 4. The van der Waals surface area contributed by atoms with Crippen molar-refractivity contribution in [3.8, 4) is 17.2 Å². The molecule has 0 radical (unpaired) electrons. The first-order valence-electron chi connectivity index (χ1n) is 10.4. The van der Waals surface area contributed by atoms with Crippen LogP contribution in [0.1, 0.15) is 10.4 Å². The van der Waals surface area contributed by atoms with E-state index < -0.39 is 0 Å². The quantitative estimate of drug-likeness (QED) is 0.284. The van der Waals surface area contributed by atoms with Gasteiger partial charge in [0.15, 0.2) is 10.7 Å². The first-order valence-corrected chi connectivity index (χ1v) is 11.1. The van der Waals surface area contributed by atoms with Crippen molar-refractivity contribution in [1.82, 2.24) is 10.3 Å². The highest BCUT2D eigenvalue weighted by atomic mass is 35.5. The lowest BCUT2D eigenvalue weighted by Gasteiger charge is -2.11. The number of carbonyl (C=O) groups is 1. The number of rotatable bonds is 4. The summed E-state index contributed by atoms with van der Waals surface area (Å²) in [6.07, 6.45) is 0. The van der Waals surface area contributed by atoms with Crippen molar-refractivity contribution in [1.29, 1.82) is 0 Å². The van der Waals surface area contributed by atoms with E-state index in [1.54, 1.807) is 12.1 Å². The van der Waals surface area contributed by atoms with Crippen LogP contribution in [0, 0.1) is 0 Å². The van der Waals surface area contributed by atoms with Crippen LogP contribution >= 0.6 is 23.8 Å². The number of oxazole rings is 1. The van der Waals surface area contributed by atoms with E-state index >= 15 is 0 Å². The lowest BCUT2D eigenvalue weighted by atomic mass is 10.1. The predicted octanol–water partition coefficient (Wildman–Crippen LogP) is 6.44. The molecule has 5 aromatic rings. The molecule has 2 N–H and O–H groups in total. The normalized spacial score (nSPS) is 10.9. The molecule has 1 aromatic heterocycles. The lowest BCUT2D eigenvalue weighted by Crippen LogP contribution is -2.34. The highest BCUT2D eigenvalue weighted by Crippen LogP contribution is 2.30. The summed E-state index contributed by atoms with van der Waals surface area (Å²) in [5, 5.41) is 8.31. The Morgan fingerprint density at radius 2 is 1.88 bits per heavy atom.